The van der Waals surface area contributed by atoms with Crippen LogP contribution >= 0.6 is 0 Å². The molecule has 1 aromatic carbocycles. The van der Waals surface area contributed by atoms with E-state index in [9.17, 15) is 4.79 Å². The van der Waals surface area contributed by atoms with Crippen LogP contribution in [0.2, 0.25) is 0 Å². The highest BCUT2D eigenvalue weighted by Gasteiger charge is 1.98. The third-order valence-electron chi connectivity index (χ3n) is 1.15. The van der Waals surface area contributed by atoms with Crippen LogP contribution in [0.25, 0.3) is 0 Å². The molecule has 1 radical (unpaired) electrons. The Morgan fingerprint density at radius 3 is 3.09 bits per heavy atom. The minimum Gasteiger partial charge on any atom is -0.367 e. The molecule has 1 atom stereocenters. The van der Waals surface area contributed by atoms with Gasteiger partial charge in [-0.3, -0.25) is 4.79 Å². The molecule has 2 N–H and O–H groups in total. The van der Waals surface area contributed by atoms with Crippen molar-refractivity contribution in [2.75, 3.05) is 5.32 Å². The Labute approximate surface area is 64.7 Å². The Morgan fingerprint density at radius 1 is 1.73 bits per heavy atom. The summed E-state index contributed by atoms with van der Waals surface area (Å²) in [5, 5.41) is 11.4. The highest BCUT2D eigenvalue weighted by atomic mass is 16.3. The van der Waals surface area contributed by atoms with Crippen molar-refractivity contribution >= 4 is 12.0 Å². The number of aldehydes is 1. The lowest BCUT2D eigenvalue weighted by Gasteiger charge is -2.06. The molecule has 0 bridgehead atoms. The van der Waals surface area contributed by atoms with E-state index in [2.05, 4.69) is 11.4 Å². The standard InChI is InChI=1S/C8H8NO2/c10-6-8(11)9-7-4-2-1-3-5-7/h1-2,4-6,8-9,11H. The van der Waals surface area contributed by atoms with Crippen LogP contribution in [0.15, 0.2) is 24.3 Å². The van der Waals surface area contributed by atoms with Crippen molar-refractivity contribution < 1.29 is 9.90 Å². The van der Waals surface area contributed by atoms with Crippen LogP contribution in [0.4, 0.5) is 5.69 Å². The fraction of sp³-hybridized carbons (Fsp3) is 0.125. The maximum absolute atomic E-state index is 9.99. The molecule has 0 spiro atoms. The molecule has 0 fully saturated rings. The number of anilines is 1. The fourth-order valence-electron chi connectivity index (χ4n) is 0.688. The number of aliphatic hydroxyl groups is 1. The Morgan fingerprint density at radius 2 is 2.55 bits per heavy atom. The summed E-state index contributed by atoms with van der Waals surface area (Å²) in [4.78, 5) is 9.99. The van der Waals surface area contributed by atoms with E-state index in [0.717, 1.165) is 0 Å². The lowest BCUT2D eigenvalue weighted by molar-refractivity contribution is -0.113. The Balaban J connectivity index is 2.57. The third kappa shape index (κ3) is 2.39. The van der Waals surface area contributed by atoms with E-state index in [4.69, 9.17) is 5.11 Å². The van der Waals surface area contributed by atoms with Gasteiger partial charge in [0.05, 0.1) is 0 Å². The maximum atomic E-state index is 9.99. The molecule has 0 aliphatic rings. The van der Waals surface area contributed by atoms with Gasteiger partial charge in [0, 0.05) is 5.69 Å². The van der Waals surface area contributed by atoms with Gasteiger partial charge in [-0.1, -0.05) is 12.1 Å². The number of hydrogen-bond acceptors (Lipinski definition) is 3. The van der Waals surface area contributed by atoms with E-state index >= 15 is 0 Å². The maximum Gasteiger partial charge on any atom is 0.181 e. The van der Waals surface area contributed by atoms with Crippen LogP contribution in [-0.2, 0) is 4.79 Å². The van der Waals surface area contributed by atoms with Crippen LogP contribution in [0.5, 0.6) is 0 Å². The van der Waals surface area contributed by atoms with Gasteiger partial charge in [-0.15, -0.1) is 0 Å². The van der Waals surface area contributed by atoms with E-state index in [1.54, 1.807) is 24.3 Å². The summed E-state index contributed by atoms with van der Waals surface area (Å²) in [7, 11) is 0. The lowest BCUT2D eigenvalue weighted by Crippen LogP contribution is -2.19. The second kappa shape index (κ2) is 3.73. The molecule has 0 aromatic heterocycles. The van der Waals surface area contributed by atoms with Crippen molar-refractivity contribution in [3.63, 3.8) is 0 Å². The molecule has 0 heterocycles. The predicted molar refractivity (Wildman–Crippen MR) is 41.0 cm³/mol. The molecule has 3 heteroatoms. The Kier molecular flexibility index (Phi) is 2.63. The molecule has 1 unspecified atom stereocenters. The summed E-state index contributed by atoms with van der Waals surface area (Å²) in [5.74, 6) is 0. The Hall–Kier alpha value is -1.35. The number of carbonyl (C=O) groups is 1. The summed E-state index contributed by atoms with van der Waals surface area (Å²) in [6.07, 6.45) is -0.710. The van der Waals surface area contributed by atoms with E-state index in [0.29, 0.717) is 12.0 Å². The summed E-state index contributed by atoms with van der Waals surface area (Å²) in [6, 6.07) is 9.68. The number of benzene rings is 1. The van der Waals surface area contributed by atoms with Crippen LogP contribution in [0.1, 0.15) is 0 Å². The minimum atomic E-state index is -1.13. The molecule has 57 valence electrons. The first-order valence-corrected chi connectivity index (χ1v) is 3.19. The van der Waals surface area contributed by atoms with E-state index < -0.39 is 6.23 Å². The normalized spacial score (nSPS) is 12.1. The number of hydrogen-bond donors (Lipinski definition) is 2. The average molecular weight is 150 g/mol. The van der Waals surface area contributed by atoms with Gasteiger partial charge in [-0.05, 0) is 18.2 Å². The summed E-state index contributed by atoms with van der Waals surface area (Å²) >= 11 is 0. The quantitative estimate of drug-likeness (QED) is 0.485. The monoisotopic (exact) mass is 150 g/mol. The summed E-state index contributed by atoms with van der Waals surface area (Å²) in [5.41, 5.74) is 0.673. The minimum absolute atomic E-state index is 0.424. The number of nitrogens with one attached hydrogen (secondary N) is 1. The molecule has 0 aliphatic carbocycles. The molecular weight excluding hydrogens is 142 g/mol. The first-order valence-electron chi connectivity index (χ1n) is 3.19. The van der Waals surface area contributed by atoms with Gasteiger partial charge in [0.2, 0.25) is 0 Å². The van der Waals surface area contributed by atoms with Crippen LogP contribution in [0, 0.1) is 6.07 Å². The third-order valence-corrected chi connectivity index (χ3v) is 1.15. The van der Waals surface area contributed by atoms with Gasteiger partial charge in [-0.2, -0.15) is 0 Å². The molecule has 0 amide bonds. The number of aliphatic hydroxyl groups excluding tert-OH is 1. The first-order chi connectivity index (χ1) is 5.33. The highest BCUT2D eigenvalue weighted by Crippen LogP contribution is 2.04. The van der Waals surface area contributed by atoms with Crippen molar-refractivity contribution in [2.45, 2.75) is 6.23 Å². The average Bonchev–Trinajstić information content (AvgIpc) is 2.06. The zero-order valence-corrected chi connectivity index (χ0v) is 5.82. The zero-order valence-electron chi connectivity index (χ0n) is 5.82. The van der Waals surface area contributed by atoms with Gasteiger partial charge in [0.1, 0.15) is 0 Å². The second-order valence-electron chi connectivity index (χ2n) is 2.02. The van der Waals surface area contributed by atoms with Gasteiger partial charge >= 0.3 is 0 Å². The molecule has 1 rings (SSSR count). The summed E-state index contributed by atoms with van der Waals surface area (Å²) < 4.78 is 0. The largest absolute Gasteiger partial charge is 0.367 e. The van der Waals surface area contributed by atoms with Gasteiger partial charge in [0.15, 0.2) is 12.5 Å². The van der Waals surface area contributed by atoms with Gasteiger partial charge in [0.25, 0.3) is 0 Å². The Bertz CT molecular complexity index is 223. The number of carbonyl (C=O) groups excluding carboxylic acids is 1. The van der Waals surface area contributed by atoms with Crippen LogP contribution < -0.4 is 5.32 Å². The van der Waals surface area contributed by atoms with Crippen molar-refractivity contribution in [1.82, 2.24) is 0 Å². The van der Waals surface area contributed by atoms with E-state index in [1.165, 1.54) is 0 Å². The van der Waals surface area contributed by atoms with Crippen molar-refractivity contribution in [3.05, 3.63) is 30.3 Å². The summed E-state index contributed by atoms with van der Waals surface area (Å²) in [6.45, 7) is 0. The predicted octanol–water partition coefficient (Wildman–Crippen LogP) is 0.416. The van der Waals surface area contributed by atoms with Gasteiger partial charge in [-0.25, -0.2) is 0 Å². The van der Waals surface area contributed by atoms with Gasteiger partial charge < -0.3 is 10.4 Å². The van der Waals surface area contributed by atoms with Crippen molar-refractivity contribution in [1.29, 1.82) is 0 Å². The molecule has 0 saturated carbocycles. The van der Waals surface area contributed by atoms with Crippen LogP contribution in [0.3, 0.4) is 0 Å². The number of rotatable bonds is 3. The molecule has 11 heavy (non-hydrogen) atoms. The van der Waals surface area contributed by atoms with E-state index in [1.807, 2.05) is 0 Å². The molecular formula is C8H8NO2. The highest BCUT2D eigenvalue weighted by molar-refractivity contribution is 5.61. The molecule has 3 nitrogen and oxygen atoms in total. The smallest absolute Gasteiger partial charge is 0.181 e. The lowest BCUT2D eigenvalue weighted by atomic mass is 10.3. The SMILES string of the molecule is O=CC(O)Nc1c[c]ccc1. The topological polar surface area (TPSA) is 49.3 Å². The van der Waals surface area contributed by atoms with Crippen LogP contribution in [-0.4, -0.2) is 17.6 Å². The fourth-order valence-corrected chi connectivity index (χ4v) is 0.688. The first kappa shape index (κ1) is 7.75. The van der Waals surface area contributed by atoms with E-state index in [-0.39, 0.29) is 0 Å². The zero-order chi connectivity index (χ0) is 8.10. The molecule has 0 saturated heterocycles. The molecule has 1 aromatic rings. The second-order valence-corrected chi connectivity index (χ2v) is 2.02. The van der Waals surface area contributed by atoms with Crippen molar-refractivity contribution in [2.24, 2.45) is 0 Å². The molecule has 0 aliphatic heterocycles. The van der Waals surface area contributed by atoms with Crippen molar-refractivity contribution in [3.8, 4) is 0 Å².